The highest BCUT2D eigenvalue weighted by molar-refractivity contribution is 7.71. The van der Waals surface area contributed by atoms with Crippen LogP contribution in [0.3, 0.4) is 0 Å². The highest BCUT2D eigenvalue weighted by Gasteiger charge is 2.30. The summed E-state index contributed by atoms with van der Waals surface area (Å²) < 4.78 is 38.5. The Morgan fingerprint density at radius 3 is 2.53 bits per heavy atom. The van der Waals surface area contributed by atoms with Gasteiger partial charge in [-0.05, 0) is 30.4 Å². The van der Waals surface area contributed by atoms with Gasteiger partial charge in [-0.1, -0.05) is 6.07 Å². The molecule has 100 valence electrons. The van der Waals surface area contributed by atoms with Gasteiger partial charge in [-0.3, -0.25) is 14.3 Å². The molecule has 0 saturated heterocycles. The number of hydrogen-bond donors (Lipinski definition) is 2. The van der Waals surface area contributed by atoms with Crippen molar-refractivity contribution in [3.8, 4) is 11.6 Å². The van der Waals surface area contributed by atoms with Crippen molar-refractivity contribution in [3.63, 3.8) is 0 Å². The first-order chi connectivity index (χ1) is 8.79. The van der Waals surface area contributed by atoms with Crippen LogP contribution in [-0.4, -0.2) is 14.7 Å². The Kier molecular flexibility index (Phi) is 3.19. The molecule has 0 unspecified atom stereocenters. The van der Waals surface area contributed by atoms with Crippen LogP contribution in [0.15, 0.2) is 35.1 Å². The van der Waals surface area contributed by atoms with Crippen LogP contribution in [-0.2, 0) is 6.18 Å². The summed E-state index contributed by atoms with van der Waals surface area (Å²) >= 11 is 4.81. The topological polar surface area (TPSA) is 58.0 Å². The van der Waals surface area contributed by atoms with E-state index >= 15 is 0 Å². The second-order valence-corrected chi connectivity index (χ2v) is 4.07. The predicted octanol–water partition coefficient (Wildman–Crippen LogP) is 2.62. The second-order valence-electron chi connectivity index (χ2n) is 3.68. The van der Waals surface area contributed by atoms with Crippen LogP contribution < -0.4 is 5.56 Å². The Morgan fingerprint density at radius 1 is 1.26 bits per heavy atom. The molecule has 0 saturated carbocycles. The molecule has 0 atom stereocenters. The first kappa shape index (κ1) is 13.3. The summed E-state index contributed by atoms with van der Waals surface area (Å²) in [6.07, 6.45) is -4.50. The Morgan fingerprint density at radius 2 is 1.95 bits per heavy atom. The molecule has 0 aliphatic carbocycles. The monoisotopic (exact) mass is 288 g/mol. The summed E-state index contributed by atoms with van der Waals surface area (Å²) in [4.78, 5) is 13.3. The van der Waals surface area contributed by atoms with E-state index < -0.39 is 23.2 Å². The summed E-state index contributed by atoms with van der Waals surface area (Å²) in [5.74, 6) is -0.534. The molecule has 1 heterocycles. The Hall–Kier alpha value is -2.09. The van der Waals surface area contributed by atoms with E-state index in [4.69, 9.17) is 12.2 Å². The molecule has 19 heavy (non-hydrogen) atoms. The molecular weight excluding hydrogens is 281 g/mol. The number of nitrogens with zero attached hydrogens (tertiary/aromatic N) is 1. The van der Waals surface area contributed by atoms with Gasteiger partial charge in [0, 0.05) is 0 Å². The number of aromatic hydroxyl groups is 1. The molecule has 2 aromatic rings. The van der Waals surface area contributed by atoms with Gasteiger partial charge in [0.05, 0.1) is 17.3 Å². The van der Waals surface area contributed by atoms with Crippen LogP contribution in [0, 0.1) is 4.77 Å². The van der Waals surface area contributed by atoms with Crippen LogP contribution in [0.5, 0.6) is 5.88 Å². The number of nitrogens with one attached hydrogen (secondary N) is 1. The van der Waals surface area contributed by atoms with Crippen LogP contribution in [0.1, 0.15) is 5.56 Å². The highest BCUT2D eigenvalue weighted by Crippen LogP contribution is 2.30. The van der Waals surface area contributed by atoms with Crippen molar-refractivity contribution in [2.45, 2.75) is 6.18 Å². The third-order valence-electron chi connectivity index (χ3n) is 2.35. The third-order valence-corrected chi connectivity index (χ3v) is 2.64. The lowest BCUT2D eigenvalue weighted by Gasteiger charge is -2.12. The van der Waals surface area contributed by atoms with Crippen molar-refractivity contribution in [1.82, 2.24) is 9.55 Å². The summed E-state index contributed by atoms with van der Waals surface area (Å²) in [7, 11) is 0. The lowest BCUT2D eigenvalue weighted by atomic mass is 10.2. The minimum Gasteiger partial charge on any atom is -0.494 e. The normalized spacial score (nSPS) is 11.5. The van der Waals surface area contributed by atoms with Crippen molar-refractivity contribution < 1.29 is 18.3 Å². The Bertz CT molecular complexity index is 734. The summed E-state index contributed by atoms with van der Waals surface area (Å²) in [5.41, 5.74) is -1.50. The number of rotatable bonds is 1. The van der Waals surface area contributed by atoms with E-state index in [1.54, 1.807) is 0 Å². The van der Waals surface area contributed by atoms with Gasteiger partial charge in [-0.2, -0.15) is 13.2 Å². The van der Waals surface area contributed by atoms with Gasteiger partial charge >= 0.3 is 6.18 Å². The molecule has 0 spiro atoms. The number of hydrogen-bond acceptors (Lipinski definition) is 3. The molecule has 1 aromatic carbocycles. The van der Waals surface area contributed by atoms with E-state index in [0.717, 1.165) is 22.8 Å². The lowest BCUT2D eigenvalue weighted by Crippen LogP contribution is -2.12. The number of benzene rings is 1. The quantitative estimate of drug-likeness (QED) is 0.793. The fourth-order valence-electron chi connectivity index (χ4n) is 1.55. The molecule has 2 rings (SSSR count). The largest absolute Gasteiger partial charge is 0.494 e. The average Bonchev–Trinajstić information content (AvgIpc) is 2.26. The molecule has 0 amide bonds. The van der Waals surface area contributed by atoms with Gasteiger partial charge in [0.1, 0.15) is 0 Å². The average molecular weight is 288 g/mol. The van der Waals surface area contributed by atoms with E-state index in [9.17, 15) is 23.1 Å². The molecule has 2 N–H and O–H groups in total. The molecule has 0 radical (unpaired) electrons. The number of aromatic nitrogens is 2. The predicted molar refractivity (Wildman–Crippen MR) is 63.9 cm³/mol. The molecule has 4 nitrogen and oxygen atoms in total. The van der Waals surface area contributed by atoms with Gasteiger partial charge in [-0.25, -0.2) is 0 Å². The SMILES string of the molecule is O=c1cc(O)n(-c2cccc(C(F)(F)F)c2)c(=S)[nH]1. The fraction of sp³-hybridized carbons (Fsp3) is 0.0909. The second kappa shape index (κ2) is 4.54. The third kappa shape index (κ3) is 2.68. The van der Waals surface area contributed by atoms with E-state index in [2.05, 4.69) is 4.98 Å². The summed E-state index contributed by atoms with van der Waals surface area (Å²) in [6.45, 7) is 0. The molecule has 1 aromatic heterocycles. The van der Waals surface area contributed by atoms with Gasteiger partial charge < -0.3 is 5.11 Å². The van der Waals surface area contributed by atoms with Gasteiger partial charge in [0.25, 0.3) is 5.56 Å². The van der Waals surface area contributed by atoms with Gasteiger partial charge in [0.2, 0.25) is 5.88 Å². The maximum atomic E-state index is 12.6. The van der Waals surface area contributed by atoms with E-state index in [1.807, 2.05) is 0 Å². The Balaban J connectivity index is 2.67. The van der Waals surface area contributed by atoms with Crippen LogP contribution >= 0.6 is 12.2 Å². The summed E-state index contributed by atoms with van der Waals surface area (Å²) in [5, 5.41) is 9.61. The van der Waals surface area contributed by atoms with Crippen molar-refractivity contribution in [3.05, 3.63) is 51.0 Å². The van der Waals surface area contributed by atoms with Crippen molar-refractivity contribution in [2.75, 3.05) is 0 Å². The maximum absolute atomic E-state index is 12.6. The fourth-order valence-corrected chi connectivity index (χ4v) is 1.85. The zero-order valence-electron chi connectivity index (χ0n) is 9.23. The standard InChI is InChI=1S/C11H7F3N2O2S/c12-11(13,14)6-2-1-3-7(4-6)16-9(18)5-8(17)15-10(16)19/h1-5,18H,(H,15,17,19). The first-order valence-electron chi connectivity index (χ1n) is 5.02. The molecular formula is C11H7F3N2O2S. The maximum Gasteiger partial charge on any atom is 0.416 e. The number of alkyl halides is 3. The van der Waals surface area contributed by atoms with Crippen LogP contribution in [0.4, 0.5) is 13.2 Å². The smallest absolute Gasteiger partial charge is 0.416 e. The van der Waals surface area contributed by atoms with Gasteiger partial charge in [0.15, 0.2) is 4.77 Å². The van der Waals surface area contributed by atoms with Crippen molar-refractivity contribution in [2.24, 2.45) is 0 Å². The number of halogens is 3. The number of H-pyrrole nitrogens is 1. The van der Waals surface area contributed by atoms with E-state index in [0.29, 0.717) is 0 Å². The summed E-state index contributed by atoms with van der Waals surface area (Å²) in [6, 6.07) is 5.08. The first-order valence-corrected chi connectivity index (χ1v) is 5.43. The van der Waals surface area contributed by atoms with Crippen molar-refractivity contribution in [1.29, 1.82) is 0 Å². The Labute approximate surface area is 109 Å². The minimum absolute atomic E-state index is 0.00794. The molecule has 0 bridgehead atoms. The van der Waals surface area contributed by atoms with E-state index in [-0.39, 0.29) is 10.5 Å². The van der Waals surface area contributed by atoms with Crippen molar-refractivity contribution >= 4 is 12.2 Å². The van der Waals surface area contributed by atoms with Crippen LogP contribution in [0.2, 0.25) is 0 Å². The molecule has 0 fully saturated rings. The molecule has 0 aliphatic rings. The minimum atomic E-state index is -4.50. The lowest BCUT2D eigenvalue weighted by molar-refractivity contribution is -0.137. The molecule has 8 heteroatoms. The van der Waals surface area contributed by atoms with Gasteiger partial charge in [-0.15, -0.1) is 0 Å². The zero-order chi connectivity index (χ0) is 14.2. The molecule has 0 aliphatic heterocycles. The van der Waals surface area contributed by atoms with E-state index in [1.165, 1.54) is 12.1 Å². The van der Waals surface area contributed by atoms with Crippen LogP contribution in [0.25, 0.3) is 5.69 Å². The highest BCUT2D eigenvalue weighted by atomic mass is 32.1. The zero-order valence-corrected chi connectivity index (χ0v) is 10.0. The number of aromatic amines is 1.